The van der Waals surface area contributed by atoms with Gasteiger partial charge in [0.15, 0.2) is 11.2 Å². The van der Waals surface area contributed by atoms with Crippen molar-refractivity contribution in [2.45, 2.75) is 0 Å². The summed E-state index contributed by atoms with van der Waals surface area (Å²) in [6.45, 7) is 0. The van der Waals surface area contributed by atoms with Crippen molar-refractivity contribution in [2.24, 2.45) is 0 Å². The van der Waals surface area contributed by atoms with Crippen LogP contribution in [0.1, 0.15) is 0 Å². The SMILES string of the molecule is c1ccc2c(c1)oc1ccoc12. The lowest BCUT2D eigenvalue weighted by Crippen LogP contribution is -1.60. The first-order valence-electron chi connectivity index (χ1n) is 3.80. The number of hydrogen-bond acceptors (Lipinski definition) is 2. The molecule has 1 aromatic carbocycles. The van der Waals surface area contributed by atoms with Gasteiger partial charge in [0.05, 0.1) is 11.6 Å². The Morgan fingerprint density at radius 1 is 0.917 bits per heavy atom. The van der Waals surface area contributed by atoms with Gasteiger partial charge in [0.2, 0.25) is 0 Å². The molecule has 2 heterocycles. The van der Waals surface area contributed by atoms with Crippen molar-refractivity contribution < 1.29 is 8.83 Å². The van der Waals surface area contributed by atoms with Crippen LogP contribution in [0, 0.1) is 0 Å². The second-order valence-corrected chi connectivity index (χ2v) is 2.71. The van der Waals surface area contributed by atoms with Crippen LogP contribution >= 0.6 is 0 Å². The number of rotatable bonds is 0. The highest BCUT2D eigenvalue weighted by atomic mass is 16.4. The van der Waals surface area contributed by atoms with Crippen molar-refractivity contribution in [3.63, 3.8) is 0 Å². The molecule has 0 amide bonds. The summed E-state index contributed by atoms with van der Waals surface area (Å²) < 4.78 is 10.8. The van der Waals surface area contributed by atoms with E-state index in [1.54, 1.807) is 6.26 Å². The van der Waals surface area contributed by atoms with Gasteiger partial charge in [0, 0.05) is 6.07 Å². The number of fused-ring (bicyclic) bond motifs is 3. The molecule has 0 aliphatic carbocycles. The van der Waals surface area contributed by atoms with E-state index in [9.17, 15) is 0 Å². The lowest BCUT2D eigenvalue weighted by molar-refractivity contribution is 0.616. The molecule has 3 rings (SSSR count). The maximum atomic E-state index is 5.50. The van der Waals surface area contributed by atoms with Crippen LogP contribution in [-0.4, -0.2) is 0 Å². The predicted octanol–water partition coefficient (Wildman–Crippen LogP) is 3.18. The topological polar surface area (TPSA) is 26.3 Å². The lowest BCUT2D eigenvalue weighted by Gasteiger charge is -1.83. The third-order valence-electron chi connectivity index (χ3n) is 1.98. The minimum absolute atomic E-state index is 0.816. The molecule has 0 spiro atoms. The molecule has 0 aliphatic heterocycles. The molecular formula is C10H6O2. The monoisotopic (exact) mass is 158 g/mol. The first kappa shape index (κ1) is 5.89. The molecule has 0 N–H and O–H groups in total. The van der Waals surface area contributed by atoms with E-state index in [0.717, 1.165) is 22.1 Å². The van der Waals surface area contributed by atoms with Crippen LogP contribution in [0.2, 0.25) is 0 Å². The van der Waals surface area contributed by atoms with Crippen LogP contribution in [0.15, 0.2) is 45.4 Å². The number of para-hydroxylation sites is 1. The molecule has 58 valence electrons. The normalized spacial score (nSPS) is 11.3. The Labute approximate surface area is 68.4 Å². The van der Waals surface area contributed by atoms with Gasteiger partial charge in [-0.3, -0.25) is 0 Å². The molecule has 2 nitrogen and oxygen atoms in total. The largest absolute Gasteiger partial charge is 0.460 e. The number of furan rings is 2. The Morgan fingerprint density at radius 3 is 2.83 bits per heavy atom. The smallest absolute Gasteiger partial charge is 0.180 e. The average molecular weight is 158 g/mol. The van der Waals surface area contributed by atoms with Crippen molar-refractivity contribution in [1.29, 1.82) is 0 Å². The molecule has 0 unspecified atom stereocenters. The van der Waals surface area contributed by atoms with Gasteiger partial charge in [-0.2, -0.15) is 0 Å². The Balaban J connectivity index is 2.68. The van der Waals surface area contributed by atoms with Crippen molar-refractivity contribution >= 4 is 22.1 Å². The molecule has 2 heteroatoms. The second-order valence-electron chi connectivity index (χ2n) is 2.71. The van der Waals surface area contributed by atoms with Crippen LogP contribution < -0.4 is 0 Å². The second kappa shape index (κ2) is 1.91. The minimum Gasteiger partial charge on any atom is -0.460 e. The van der Waals surface area contributed by atoms with Crippen molar-refractivity contribution in [3.8, 4) is 0 Å². The fourth-order valence-corrected chi connectivity index (χ4v) is 1.44. The molecule has 0 saturated heterocycles. The summed E-state index contributed by atoms with van der Waals surface area (Å²) in [7, 11) is 0. The van der Waals surface area contributed by atoms with E-state index in [1.165, 1.54) is 0 Å². The Morgan fingerprint density at radius 2 is 1.83 bits per heavy atom. The first-order valence-corrected chi connectivity index (χ1v) is 3.80. The van der Waals surface area contributed by atoms with Gasteiger partial charge in [-0.05, 0) is 12.1 Å². The fraction of sp³-hybridized carbons (Fsp3) is 0. The molecule has 0 bridgehead atoms. The van der Waals surface area contributed by atoms with Crippen LogP contribution in [0.4, 0.5) is 0 Å². The van der Waals surface area contributed by atoms with E-state index in [1.807, 2.05) is 30.3 Å². The zero-order chi connectivity index (χ0) is 7.97. The predicted molar refractivity (Wildman–Crippen MR) is 46.0 cm³/mol. The maximum Gasteiger partial charge on any atom is 0.180 e. The van der Waals surface area contributed by atoms with Gasteiger partial charge in [-0.15, -0.1) is 0 Å². The van der Waals surface area contributed by atoms with E-state index in [0.29, 0.717) is 0 Å². The molecule has 2 aromatic heterocycles. The molecule has 12 heavy (non-hydrogen) atoms. The molecule has 3 aromatic rings. The molecule has 0 fully saturated rings. The third kappa shape index (κ3) is 0.593. The van der Waals surface area contributed by atoms with E-state index in [2.05, 4.69) is 0 Å². The maximum absolute atomic E-state index is 5.50. The highest BCUT2D eigenvalue weighted by Gasteiger charge is 2.07. The molecule has 0 saturated carbocycles. The summed E-state index contributed by atoms with van der Waals surface area (Å²) >= 11 is 0. The fourth-order valence-electron chi connectivity index (χ4n) is 1.44. The van der Waals surface area contributed by atoms with Crippen molar-refractivity contribution in [3.05, 3.63) is 36.6 Å². The summed E-state index contributed by atoms with van der Waals surface area (Å²) in [5, 5.41) is 1.04. The Bertz CT molecular complexity index is 530. The average Bonchev–Trinajstić information content (AvgIpc) is 2.62. The molecular weight excluding hydrogens is 152 g/mol. The van der Waals surface area contributed by atoms with Gasteiger partial charge >= 0.3 is 0 Å². The van der Waals surface area contributed by atoms with Gasteiger partial charge in [-0.1, -0.05) is 12.1 Å². The van der Waals surface area contributed by atoms with Gasteiger partial charge < -0.3 is 8.83 Å². The molecule has 0 radical (unpaired) electrons. The van der Waals surface area contributed by atoms with E-state index in [4.69, 9.17) is 8.83 Å². The van der Waals surface area contributed by atoms with Crippen LogP contribution in [0.5, 0.6) is 0 Å². The quantitative estimate of drug-likeness (QED) is 0.502. The van der Waals surface area contributed by atoms with Crippen molar-refractivity contribution in [1.82, 2.24) is 0 Å². The third-order valence-corrected chi connectivity index (χ3v) is 1.98. The highest BCUT2D eigenvalue weighted by Crippen LogP contribution is 2.28. The standard InChI is InChI=1S/C10H6O2/c1-2-4-8-7(3-1)10-9(12-8)5-6-11-10/h1-6H. The number of benzene rings is 1. The highest BCUT2D eigenvalue weighted by molar-refractivity contribution is 6.01. The van der Waals surface area contributed by atoms with Gasteiger partial charge in [-0.25, -0.2) is 0 Å². The molecule has 0 atom stereocenters. The zero-order valence-electron chi connectivity index (χ0n) is 6.28. The summed E-state index contributed by atoms with van der Waals surface area (Å²) in [5.41, 5.74) is 2.54. The van der Waals surface area contributed by atoms with Crippen molar-refractivity contribution in [2.75, 3.05) is 0 Å². The summed E-state index contributed by atoms with van der Waals surface area (Å²) in [5.74, 6) is 0. The number of hydrogen-bond donors (Lipinski definition) is 0. The zero-order valence-corrected chi connectivity index (χ0v) is 6.28. The summed E-state index contributed by atoms with van der Waals surface area (Å²) in [6, 6.07) is 9.68. The Kier molecular flexibility index (Phi) is 0.939. The lowest BCUT2D eigenvalue weighted by atomic mass is 10.2. The van der Waals surface area contributed by atoms with Crippen LogP contribution in [0.3, 0.4) is 0 Å². The summed E-state index contributed by atoms with van der Waals surface area (Å²) in [6.07, 6.45) is 1.64. The van der Waals surface area contributed by atoms with E-state index < -0.39 is 0 Å². The summed E-state index contributed by atoms with van der Waals surface area (Å²) in [4.78, 5) is 0. The van der Waals surface area contributed by atoms with Crippen LogP contribution in [0.25, 0.3) is 22.1 Å². The molecule has 0 aliphatic rings. The van der Waals surface area contributed by atoms with Gasteiger partial charge in [0.25, 0.3) is 0 Å². The van der Waals surface area contributed by atoms with E-state index in [-0.39, 0.29) is 0 Å². The Hall–Kier alpha value is -1.70. The van der Waals surface area contributed by atoms with Crippen LogP contribution in [-0.2, 0) is 0 Å². The first-order chi connectivity index (χ1) is 5.95. The minimum atomic E-state index is 0.816. The van der Waals surface area contributed by atoms with E-state index >= 15 is 0 Å². The van der Waals surface area contributed by atoms with Gasteiger partial charge in [0.1, 0.15) is 5.58 Å².